The maximum Gasteiger partial charge on any atom is 0.251 e. The number of methoxy groups -OCH3 is 1. The highest BCUT2D eigenvalue weighted by Gasteiger charge is 2.57. The number of carbonyl (C=O) groups excluding carboxylic acids is 2. The van der Waals surface area contributed by atoms with Crippen molar-refractivity contribution in [3.8, 4) is 16.9 Å². The number of carbonyl (C=O) groups is 2. The highest BCUT2D eigenvalue weighted by molar-refractivity contribution is 5.97. The van der Waals surface area contributed by atoms with Gasteiger partial charge in [-0.15, -0.1) is 0 Å². The maximum absolute atomic E-state index is 14.3. The molecule has 2 aromatic rings. The summed E-state index contributed by atoms with van der Waals surface area (Å²) in [6, 6.07) is 11.1. The van der Waals surface area contributed by atoms with E-state index in [0.29, 0.717) is 40.9 Å². The minimum atomic E-state index is -0.898. The molecule has 4 N–H and O–H groups in total. The maximum atomic E-state index is 14.3. The number of aliphatic hydroxyl groups excluding tert-OH is 2. The lowest BCUT2D eigenvalue weighted by molar-refractivity contribution is -0.183. The number of fused-ring (bicyclic) bond motifs is 2. The Labute approximate surface area is 336 Å². The van der Waals surface area contributed by atoms with Crippen LogP contribution in [-0.4, -0.2) is 110 Å². The van der Waals surface area contributed by atoms with Crippen molar-refractivity contribution in [2.45, 2.75) is 112 Å². The molecule has 2 bridgehead atoms. The number of nitrogens with one attached hydrogen (secondary N) is 2. The van der Waals surface area contributed by atoms with Crippen LogP contribution in [-0.2, 0) is 16.2 Å². The molecule has 11 nitrogen and oxygen atoms in total. The van der Waals surface area contributed by atoms with Crippen LogP contribution < -0.4 is 20.3 Å². The molecular formula is C45H71N5O6. The Kier molecular flexibility index (Phi) is 14.2. The van der Waals surface area contributed by atoms with Gasteiger partial charge in [-0.05, 0) is 99.0 Å². The molecule has 6 rings (SSSR count). The molecule has 1 saturated heterocycles. The Balaban J connectivity index is 1.48. The Morgan fingerprint density at radius 1 is 1.04 bits per heavy atom. The number of aliphatic hydroxyl groups is 2. The van der Waals surface area contributed by atoms with Crippen molar-refractivity contribution in [1.29, 1.82) is 0 Å². The van der Waals surface area contributed by atoms with E-state index < -0.39 is 24.2 Å². The molecule has 9 atom stereocenters. The van der Waals surface area contributed by atoms with Crippen LogP contribution in [0.2, 0.25) is 0 Å². The summed E-state index contributed by atoms with van der Waals surface area (Å²) in [5.74, 6) is 1.94. The molecular weight excluding hydrogens is 707 g/mol. The fourth-order valence-electron chi connectivity index (χ4n) is 10.1. The second kappa shape index (κ2) is 18.1. The smallest absolute Gasteiger partial charge is 0.251 e. The summed E-state index contributed by atoms with van der Waals surface area (Å²) in [4.78, 5) is 39.0. The highest BCUT2D eigenvalue weighted by atomic mass is 16.7. The monoisotopic (exact) mass is 778 g/mol. The summed E-state index contributed by atoms with van der Waals surface area (Å²) < 4.78 is 6.15. The predicted octanol–water partition coefficient (Wildman–Crippen LogP) is 5.82. The normalized spacial score (nSPS) is 26.9. The first-order valence-electron chi connectivity index (χ1n) is 20.9. The van der Waals surface area contributed by atoms with E-state index in [-0.39, 0.29) is 42.5 Å². The van der Waals surface area contributed by atoms with Crippen LogP contribution in [0.4, 0.5) is 5.69 Å². The number of hydroxylamine groups is 2. The number of para-hydroxylation sites is 1. The Morgan fingerprint density at radius 2 is 1.75 bits per heavy atom. The predicted molar refractivity (Wildman–Crippen MR) is 223 cm³/mol. The lowest BCUT2D eigenvalue weighted by Gasteiger charge is -2.62. The molecule has 2 amide bonds. The van der Waals surface area contributed by atoms with Crippen LogP contribution in [0.5, 0.6) is 5.75 Å². The largest absolute Gasteiger partial charge is 0.496 e. The van der Waals surface area contributed by atoms with Crippen molar-refractivity contribution in [1.82, 2.24) is 20.6 Å². The molecule has 0 radical (unpaired) electrons. The number of benzene rings is 2. The van der Waals surface area contributed by atoms with Crippen molar-refractivity contribution in [3.63, 3.8) is 0 Å². The van der Waals surface area contributed by atoms with Gasteiger partial charge < -0.3 is 35.4 Å². The molecule has 0 spiro atoms. The minimum absolute atomic E-state index is 0.00598. The summed E-state index contributed by atoms with van der Waals surface area (Å²) >= 11 is 0. The van der Waals surface area contributed by atoms with E-state index in [1.54, 1.807) is 19.1 Å². The minimum Gasteiger partial charge on any atom is -0.496 e. The summed E-state index contributed by atoms with van der Waals surface area (Å²) in [6.45, 7) is 18.7. The number of anilines is 1. The average Bonchev–Trinajstić information content (AvgIpc) is 3.49. The van der Waals surface area contributed by atoms with Crippen LogP contribution in [0.15, 0.2) is 36.4 Å². The molecule has 312 valence electrons. The van der Waals surface area contributed by atoms with E-state index in [9.17, 15) is 19.8 Å². The summed E-state index contributed by atoms with van der Waals surface area (Å²) in [5.41, 5.74) is 4.17. The van der Waals surface area contributed by atoms with E-state index in [0.717, 1.165) is 48.3 Å². The third-order valence-corrected chi connectivity index (χ3v) is 12.9. The fourth-order valence-corrected chi connectivity index (χ4v) is 10.1. The lowest BCUT2D eigenvalue weighted by atomic mass is 9.45. The van der Waals surface area contributed by atoms with Crippen LogP contribution in [0.1, 0.15) is 90.6 Å². The van der Waals surface area contributed by atoms with Crippen LogP contribution >= 0.6 is 0 Å². The molecule has 1 heterocycles. The summed E-state index contributed by atoms with van der Waals surface area (Å²) in [6.07, 6.45) is 1.35. The van der Waals surface area contributed by atoms with Crippen molar-refractivity contribution < 1.29 is 29.4 Å². The third kappa shape index (κ3) is 9.55. The molecule has 0 aromatic heterocycles. The molecule has 56 heavy (non-hydrogen) atoms. The van der Waals surface area contributed by atoms with Crippen molar-refractivity contribution in [2.24, 2.45) is 40.9 Å². The highest BCUT2D eigenvalue weighted by Crippen LogP contribution is 2.61. The Hall–Kier alpha value is -3.22. The Bertz CT molecular complexity index is 1650. The van der Waals surface area contributed by atoms with Crippen LogP contribution in [0.3, 0.4) is 0 Å². The van der Waals surface area contributed by atoms with Crippen LogP contribution in [0.25, 0.3) is 11.1 Å². The van der Waals surface area contributed by atoms with Gasteiger partial charge in [0, 0.05) is 60.5 Å². The van der Waals surface area contributed by atoms with Gasteiger partial charge >= 0.3 is 0 Å². The van der Waals surface area contributed by atoms with Crippen LogP contribution in [0, 0.1) is 40.9 Å². The number of hydrogen-bond acceptors (Lipinski definition) is 9. The second-order valence-corrected chi connectivity index (χ2v) is 18.8. The Morgan fingerprint density at radius 3 is 2.32 bits per heavy atom. The van der Waals surface area contributed by atoms with Gasteiger partial charge in [0.25, 0.3) is 5.91 Å². The van der Waals surface area contributed by atoms with Gasteiger partial charge in [-0.25, -0.2) is 0 Å². The zero-order chi connectivity index (χ0) is 41.2. The number of hydrogen-bond donors (Lipinski definition) is 4. The lowest BCUT2D eigenvalue weighted by Crippen LogP contribution is -2.62. The van der Waals surface area contributed by atoms with Gasteiger partial charge in [-0.3, -0.25) is 14.4 Å². The van der Waals surface area contributed by atoms with E-state index >= 15 is 0 Å². The topological polar surface area (TPSA) is 127 Å². The van der Waals surface area contributed by atoms with Gasteiger partial charge in [-0.1, -0.05) is 66.7 Å². The average molecular weight is 778 g/mol. The first-order valence-corrected chi connectivity index (χ1v) is 20.9. The van der Waals surface area contributed by atoms with Crippen molar-refractivity contribution >= 4 is 17.5 Å². The SMILES string of the molecule is COc1c(CN2O[C@@H](CO)[C@@H]([C@H](C)O)[C@H]2C(=O)N[C@H]2C[C@H]3C[C@H]([C@@H]2C)C3(C)C)cccc1-c1cc(C(=O)N[C@@H](CC(C)C)CN(C)C)cc(N(C)CC(C)C)c1. The van der Waals surface area contributed by atoms with Gasteiger partial charge in [-0.2, -0.15) is 5.06 Å². The fraction of sp³-hybridized carbons (Fsp3) is 0.689. The van der Waals surface area contributed by atoms with E-state index in [1.807, 2.05) is 51.5 Å². The van der Waals surface area contributed by atoms with E-state index in [2.05, 4.69) is 75.0 Å². The van der Waals surface area contributed by atoms with Gasteiger partial charge in [0.1, 0.15) is 17.9 Å². The number of nitrogens with zero attached hydrogens (tertiary/aromatic N) is 3. The van der Waals surface area contributed by atoms with Gasteiger partial charge in [0.15, 0.2) is 0 Å². The quantitative estimate of drug-likeness (QED) is 0.157. The summed E-state index contributed by atoms with van der Waals surface area (Å²) in [7, 11) is 7.72. The standard InChI is InChI=1S/C45H71N5O6/c1-26(2)16-34(24-48(9)10)46-43(53)32-17-31(18-35(19-32)49(11)22-27(3)4)36-15-13-14-30(42(36)55-12)23-50-41(40(29(6)52)39(25-51)56-50)44(54)47-38-21-33-20-37(28(38)5)45(33,7)8/h13-15,17-19,26-29,33-34,37-41,51-52H,16,20-25H2,1-12H3,(H,46,53)(H,47,54)/t28-,29-,33+,34-,37+,38-,39-,40+,41-/m0/s1. The number of ether oxygens (including phenoxy) is 1. The molecule has 11 heteroatoms. The summed E-state index contributed by atoms with van der Waals surface area (Å²) in [5, 5.41) is 29.7. The van der Waals surface area contributed by atoms with E-state index in [4.69, 9.17) is 9.57 Å². The van der Waals surface area contributed by atoms with Gasteiger partial charge in [0.2, 0.25) is 5.91 Å². The molecule has 3 saturated carbocycles. The zero-order valence-electron chi connectivity index (χ0n) is 36.1. The molecule has 3 aliphatic carbocycles. The number of rotatable bonds is 17. The molecule has 0 unspecified atom stereocenters. The van der Waals surface area contributed by atoms with Crippen molar-refractivity contribution in [2.75, 3.05) is 52.8 Å². The second-order valence-electron chi connectivity index (χ2n) is 18.8. The van der Waals surface area contributed by atoms with Gasteiger partial charge in [0.05, 0.1) is 26.4 Å². The third-order valence-electron chi connectivity index (χ3n) is 12.9. The first kappa shape index (κ1) is 43.9. The molecule has 4 aliphatic rings. The number of likely N-dealkylation sites (N-methyl/N-ethyl adjacent to an activating group) is 1. The zero-order valence-corrected chi connectivity index (χ0v) is 36.1. The molecule has 4 fully saturated rings. The molecule has 1 aliphatic heterocycles. The van der Waals surface area contributed by atoms with E-state index in [1.165, 1.54) is 6.42 Å². The van der Waals surface area contributed by atoms with Crippen molar-refractivity contribution in [3.05, 3.63) is 47.5 Å². The first-order chi connectivity index (χ1) is 26.4. The number of amides is 2. The molecule has 2 aromatic carbocycles.